The second-order valence-corrected chi connectivity index (χ2v) is 6.17. The summed E-state index contributed by atoms with van der Waals surface area (Å²) in [7, 11) is 0. The van der Waals surface area contributed by atoms with E-state index < -0.39 is 5.67 Å². The zero-order valence-electron chi connectivity index (χ0n) is 12.0. The van der Waals surface area contributed by atoms with Crippen molar-refractivity contribution in [3.63, 3.8) is 0 Å². The summed E-state index contributed by atoms with van der Waals surface area (Å²) < 4.78 is 17.2. The average Bonchev–Trinajstić information content (AvgIpc) is 2.80. The van der Waals surface area contributed by atoms with Gasteiger partial charge >= 0.3 is 0 Å². The van der Waals surface area contributed by atoms with Gasteiger partial charge < -0.3 is 4.57 Å². The summed E-state index contributed by atoms with van der Waals surface area (Å²) in [5, 5.41) is 0. The number of imidazole rings is 1. The topological polar surface area (TPSA) is 17.8 Å². The van der Waals surface area contributed by atoms with Gasteiger partial charge in [0, 0.05) is 25.4 Å². The number of hydrogen-bond acceptors (Lipinski definition) is 1. The van der Waals surface area contributed by atoms with Gasteiger partial charge in [-0.15, -0.1) is 0 Å². The molecule has 0 N–H and O–H groups in total. The van der Waals surface area contributed by atoms with E-state index in [2.05, 4.69) is 11.1 Å². The van der Waals surface area contributed by atoms with E-state index in [-0.39, 0.29) is 5.92 Å². The van der Waals surface area contributed by atoms with Crippen molar-refractivity contribution in [2.45, 2.75) is 57.2 Å². The summed E-state index contributed by atoms with van der Waals surface area (Å²) in [5.74, 6) is 0.215. The Morgan fingerprint density at radius 2 is 2.05 bits per heavy atom. The number of nitrogens with zero attached hydrogens (tertiary/aromatic N) is 2. The molecule has 1 unspecified atom stereocenters. The zero-order valence-corrected chi connectivity index (χ0v) is 12.0. The van der Waals surface area contributed by atoms with Gasteiger partial charge in [0.25, 0.3) is 0 Å². The van der Waals surface area contributed by atoms with Crippen LogP contribution in [0.5, 0.6) is 0 Å². The van der Waals surface area contributed by atoms with Crippen LogP contribution in [-0.4, -0.2) is 15.2 Å². The first-order valence-electron chi connectivity index (χ1n) is 7.79. The normalized spacial score (nSPS) is 28.1. The minimum atomic E-state index is -1.11. The molecule has 1 aromatic heterocycles. The highest BCUT2D eigenvalue weighted by Gasteiger charge is 2.37. The van der Waals surface area contributed by atoms with Crippen LogP contribution in [0.2, 0.25) is 0 Å². The molecule has 1 fully saturated rings. The van der Waals surface area contributed by atoms with Crippen molar-refractivity contribution in [2.24, 2.45) is 5.92 Å². The van der Waals surface area contributed by atoms with Crippen molar-refractivity contribution in [3.05, 3.63) is 42.5 Å². The lowest BCUT2D eigenvalue weighted by Gasteiger charge is -2.32. The van der Waals surface area contributed by atoms with E-state index >= 15 is 4.39 Å². The molecule has 1 aromatic rings. The number of rotatable bonds is 3. The molecule has 1 atom stereocenters. The van der Waals surface area contributed by atoms with Crippen molar-refractivity contribution in [1.29, 1.82) is 0 Å². The molecule has 0 saturated heterocycles. The van der Waals surface area contributed by atoms with Gasteiger partial charge in [-0.05, 0) is 30.4 Å². The van der Waals surface area contributed by atoms with Crippen molar-refractivity contribution in [2.75, 3.05) is 0 Å². The molecule has 2 nitrogen and oxygen atoms in total. The van der Waals surface area contributed by atoms with Crippen LogP contribution in [0.3, 0.4) is 0 Å². The Bertz CT molecular complexity index is 481. The fraction of sp³-hybridized carbons (Fsp3) is 0.588. The molecule has 3 heteroatoms. The number of halogens is 1. The molecule has 0 spiro atoms. The molecular formula is C17H23FN2. The molecule has 1 heterocycles. The molecular weight excluding hydrogens is 251 g/mol. The van der Waals surface area contributed by atoms with E-state index in [0.717, 1.165) is 19.4 Å². The van der Waals surface area contributed by atoms with E-state index in [4.69, 9.17) is 0 Å². The Labute approximate surface area is 120 Å². The molecule has 3 rings (SSSR count). The second-order valence-electron chi connectivity index (χ2n) is 6.17. The van der Waals surface area contributed by atoms with E-state index in [1.807, 2.05) is 22.9 Å². The lowest BCUT2D eigenvalue weighted by Crippen LogP contribution is -2.32. The Kier molecular flexibility index (Phi) is 4.04. The number of hydrogen-bond donors (Lipinski definition) is 0. The molecule has 0 bridgehead atoms. The molecule has 0 radical (unpaired) electrons. The first kappa shape index (κ1) is 13.6. The largest absolute Gasteiger partial charge is 0.333 e. The van der Waals surface area contributed by atoms with Crippen LogP contribution in [0.25, 0.3) is 0 Å². The van der Waals surface area contributed by atoms with Crippen LogP contribution in [-0.2, 0) is 6.54 Å². The van der Waals surface area contributed by atoms with Gasteiger partial charge in [0.15, 0.2) is 0 Å². The highest BCUT2D eigenvalue weighted by atomic mass is 19.1. The predicted octanol–water partition coefficient (Wildman–Crippen LogP) is 4.45. The second kappa shape index (κ2) is 5.94. The highest BCUT2D eigenvalue weighted by molar-refractivity contribution is 5.28. The van der Waals surface area contributed by atoms with Crippen molar-refractivity contribution in [1.82, 2.24) is 9.55 Å². The summed E-state index contributed by atoms with van der Waals surface area (Å²) in [6, 6.07) is 0. The van der Waals surface area contributed by atoms with Gasteiger partial charge in [0.05, 0.1) is 6.33 Å². The Morgan fingerprint density at radius 1 is 1.25 bits per heavy atom. The molecule has 0 amide bonds. The minimum Gasteiger partial charge on any atom is -0.333 e. The van der Waals surface area contributed by atoms with Crippen LogP contribution < -0.4 is 0 Å². The summed E-state index contributed by atoms with van der Waals surface area (Å²) in [4.78, 5) is 4.04. The molecule has 1 saturated carbocycles. The Morgan fingerprint density at radius 3 is 2.65 bits per heavy atom. The SMILES string of the molecule is FC1(C2CCCCCC2)C=CC(Cn2ccnc2)=CC1. The third-order valence-corrected chi connectivity index (χ3v) is 4.71. The molecule has 2 aliphatic carbocycles. The quantitative estimate of drug-likeness (QED) is 0.745. The van der Waals surface area contributed by atoms with E-state index in [9.17, 15) is 0 Å². The number of aromatic nitrogens is 2. The maximum Gasteiger partial charge on any atom is 0.135 e. The Balaban J connectivity index is 1.64. The predicted molar refractivity (Wildman–Crippen MR) is 79.1 cm³/mol. The molecule has 0 aromatic carbocycles. The monoisotopic (exact) mass is 274 g/mol. The standard InChI is InChI=1S/C17H23FN2/c18-17(16-5-3-1-2-4-6-16)9-7-15(8-10-17)13-20-12-11-19-14-20/h7-9,11-12,14,16H,1-6,10,13H2. The summed E-state index contributed by atoms with van der Waals surface area (Å²) in [5.41, 5.74) is 0.0767. The lowest BCUT2D eigenvalue weighted by molar-refractivity contribution is 0.124. The molecule has 0 aliphatic heterocycles. The van der Waals surface area contributed by atoms with Crippen molar-refractivity contribution in [3.8, 4) is 0 Å². The van der Waals surface area contributed by atoms with E-state index in [1.165, 1.54) is 31.3 Å². The van der Waals surface area contributed by atoms with Gasteiger partial charge in [-0.25, -0.2) is 9.37 Å². The lowest BCUT2D eigenvalue weighted by atomic mass is 9.78. The van der Waals surface area contributed by atoms with Crippen molar-refractivity contribution < 1.29 is 4.39 Å². The molecule has 108 valence electrons. The van der Waals surface area contributed by atoms with Gasteiger partial charge in [-0.2, -0.15) is 0 Å². The van der Waals surface area contributed by atoms with E-state index in [1.54, 1.807) is 12.5 Å². The van der Waals surface area contributed by atoms with Crippen LogP contribution in [0, 0.1) is 5.92 Å². The zero-order chi connectivity index (χ0) is 13.8. The summed E-state index contributed by atoms with van der Waals surface area (Å²) in [6.07, 6.45) is 19.0. The van der Waals surface area contributed by atoms with E-state index in [0.29, 0.717) is 6.42 Å². The first-order chi connectivity index (χ1) is 9.76. The van der Waals surface area contributed by atoms with Gasteiger partial charge in [-0.3, -0.25) is 0 Å². The van der Waals surface area contributed by atoms with Gasteiger partial charge in [-0.1, -0.05) is 37.8 Å². The molecule has 2 aliphatic rings. The fourth-order valence-electron chi connectivity index (χ4n) is 3.44. The van der Waals surface area contributed by atoms with Crippen molar-refractivity contribution >= 4 is 0 Å². The Hall–Kier alpha value is -1.38. The smallest absolute Gasteiger partial charge is 0.135 e. The fourth-order valence-corrected chi connectivity index (χ4v) is 3.44. The molecule has 20 heavy (non-hydrogen) atoms. The maximum atomic E-state index is 15.1. The summed E-state index contributed by atoms with van der Waals surface area (Å²) in [6.45, 7) is 0.789. The first-order valence-corrected chi connectivity index (χ1v) is 7.79. The van der Waals surface area contributed by atoms with Crippen LogP contribution in [0.1, 0.15) is 44.9 Å². The van der Waals surface area contributed by atoms with Crippen LogP contribution in [0.15, 0.2) is 42.5 Å². The maximum absolute atomic E-state index is 15.1. The van der Waals surface area contributed by atoms with Gasteiger partial charge in [0.1, 0.15) is 5.67 Å². The van der Waals surface area contributed by atoms with Crippen LogP contribution >= 0.6 is 0 Å². The highest BCUT2D eigenvalue weighted by Crippen LogP contribution is 2.40. The number of allylic oxidation sites excluding steroid dienone is 4. The van der Waals surface area contributed by atoms with Gasteiger partial charge in [0.2, 0.25) is 0 Å². The summed E-state index contributed by atoms with van der Waals surface area (Å²) >= 11 is 0. The minimum absolute atomic E-state index is 0.215. The third kappa shape index (κ3) is 3.02. The van der Waals surface area contributed by atoms with Crippen LogP contribution in [0.4, 0.5) is 4.39 Å². The average molecular weight is 274 g/mol. The third-order valence-electron chi connectivity index (χ3n) is 4.71. The number of alkyl halides is 1.